The lowest BCUT2D eigenvalue weighted by Crippen LogP contribution is -2.55. The maximum Gasteiger partial charge on any atom is 0.251 e. The van der Waals surface area contributed by atoms with E-state index in [1.54, 1.807) is 0 Å². The number of ether oxygens (including phenoxy) is 3. The van der Waals surface area contributed by atoms with Gasteiger partial charge in [0.1, 0.15) is 23.7 Å². The van der Waals surface area contributed by atoms with Gasteiger partial charge in [0.25, 0.3) is 5.91 Å². The Hall–Kier alpha value is -1.75. The highest BCUT2D eigenvalue weighted by atomic mass is 127. The van der Waals surface area contributed by atoms with Gasteiger partial charge >= 0.3 is 0 Å². The molecular weight excluding hydrogens is 535 g/mol. The third-order valence-electron chi connectivity index (χ3n) is 6.21. The second-order valence-corrected chi connectivity index (χ2v) is 8.62. The Morgan fingerprint density at radius 1 is 1.21 bits per heavy atom. The Kier molecular flexibility index (Phi) is 9.48. The van der Waals surface area contributed by atoms with Gasteiger partial charge in [-0.3, -0.25) is 4.79 Å². The van der Waals surface area contributed by atoms with Gasteiger partial charge in [0.2, 0.25) is 0 Å². The molecule has 0 bridgehead atoms. The smallest absolute Gasteiger partial charge is 0.251 e. The van der Waals surface area contributed by atoms with E-state index in [-0.39, 0.29) is 42.1 Å². The number of amides is 1. The molecule has 0 radical (unpaired) electrons. The first-order valence-corrected chi connectivity index (χ1v) is 12.0. The molecule has 3 heterocycles. The van der Waals surface area contributed by atoms with Gasteiger partial charge in [-0.05, 0) is 45.7 Å². The van der Waals surface area contributed by atoms with Crippen LogP contribution in [0.15, 0.2) is 17.1 Å². The molecule has 0 aromatic heterocycles. The number of aliphatic imine (C=N–C) groups is 1. The molecule has 2 fully saturated rings. The van der Waals surface area contributed by atoms with Crippen LogP contribution in [0.5, 0.6) is 11.5 Å². The van der Waals surface area contributed by atoms with E-state index in [2.05, 4.69) is 36.2 Å². The summed E-state index contributed by atoms with van der Waals surface area (Å²) in [7, 11) is 0. The predicted octanol–water partition coefficient (Wildman–Crippen LogP) is 2.82. The van der Waals surface area contributed by atoms with E-state index in [1.165, 1.54) is 5.56 Å². The number of guanidine groups is 1. The van der Waals surface area contributed by atoms with Crippen molar-refractivity contribution in [3.05, 3.63) is 23.3 Å². The summed E-state index contributed by atoms with van der Waals surface area (Å²) in [6.45, 7) is 11.7. The van der Waals surface area contributed by atoms with Gasteiger partial charge in [-0.25, -0.2) is 4.99 Å². The third-order valence-corrected chi connectivity index (χ3v) is 6.21. The molecule has 3 aliphatic rings. The van der Waals surface area contributed by atoms with Crippen molar-refractivity contribution in [3.63, 3.8) is 0 Å². The molecule has 2 saturated heterocycles. The molecule has 0 spiro atoms. The van der Waals surface area contributed by atoms with Gasteiger partial charge in [-0.15, -0.1) is 24.0 Å². The van der Waals surface area contributed by atoms with Gasteiger partial charge in [0, 0.05) is 56.9 Å². The summed E-state index contributed by atoms with van der Waals surface area (Å²) < 4.78 is 17.4. The molecule has 33 heavy (non-hydrogen) atoms. The number of halogens is 1. The van der Waals surface area contributed by atoms with E-state index >= 15 is 0 Å². The molecule has 3 aliphatic heterocycles. The Labute approximate surface area is 214 Å². The van der Waals surface area contributed by atoms with Gasteiger partial charge in [0.15, 0.2) is 5.96 Å². The summed E-state index contributed by atoms with van der Waals surface area (Å²) in [5, 5.41) is 3.41. The fourth-order valence-corrected chi connectivity index (χ4v) is 4.60. The highest BCUT2D eigenvalue weighted by Gasteiger charge is 2.31. The number of nitrogens with zero attached hydrogens (tertiary/aromatic N) is 3. The van der Waals surface area contributed by atoms with Gasteiger partial charge in [0.05, 0.1) is 13.2 Å². The zero-order valence-corrected chi connectivity index (χ0v) is 22.3. The van der Waals surface area contributed by atoms with Crippen molar-refractivity contribution in [2.45, 2.75) is 58.8 Å². The fraction of sp³-hybridized carbons (Fsp3) is 0.667. The van der Waals surface area contributed by atoms with E-state index in [4.69, 9.17) is 19.2 Å². The molecule has 0 saturated carbocycles. The largest absolute Gasteiger partial charge is 0.494 e. The molecule has 4 rings (SSSR count). The van der Waals surface area contributed by atoms with Crippen LogP contribution in [-0.4, -0.2) is 79.8 Å². The minimum absolute atomic E-state index is 0. The molecule has 1 aromatic rings. The number of fused-ring (bicyclic) bond motifs is 1. The highest BCUT2D eigenvalue weighted by Crippen LogP contribution is 2.35. The minimum Gasteiger partial charge on any atom is -0.494 e. The van der Waals surface area contributed by atoms with Crippen molar-refractivity contribution < 1.29 is 19.0 Å². The van der Waals surface area contributed by atoms with E-state index in [0.29, 0.717) is 32.8 Å². The molecule has 2 atom stereocenters. The van der Waals surface area contributed by atoms with Crippen LogP contribution in [0, 0.1) is 0 Å². The molecule has 0 aliphatic carbocycles. The van der Waals surface area contributed by atoms with Crippen molar-refractivity contribution in [2.75, 3.05) is 45.9 Å². The SMILES string of the molecule is CCNC(=NCc1cc2c(cc1OCC)CC(C)O2)N1CCN(C(=O)C2CCCO2)CC1.I. The van der Waals surface area contributed by atoms with Crippen LogP contribution in [0.1, 0.15) is 44.7 Å². The first kappa shape index (κ1) is 25.9. The quantitative estimate of drug-likeness (QED) is 0.321. The van der Waals surface area contributed by atoms with Gasteiger partial charge in [-0.1, -0.05) is 0 Å². The van der Waals surface area contributed by atoms with Crippen molar-refractivity contribution in [1.29, 1.82) is 0 Å². The molecule has 184 valence electrons. The van der Waals surface area contributed by atoms with Crippen molar-refractivity contribution >= 4 is 35.8 Å². The zero-order chi connectivity index (χ0) is 22.5. The maximum atomic E-state index is 12.6. The monoisotopic (exact) mass is 572 g/mol. The van der Waals surface area contributed by atoms with E-state index in [0.717, 1.165) is 61.9 Å². The van der Waals surface area contributed by atoms with Crippen LogP contribution in [0.4, 0.5) is 0 Å². The average Bonchev–Trinajstić information content (AvgIpc) is 3.45. The number of carbonyl (C=O) groups is 1. The standard InChI is InChI=1S/C24H36N4O4.HI/c1-4-25-24(28-10-8-27(9-11-28)23(29)20-7-6-12-31-20)26-16-19-15-22-18(13-17(3)32-22)14-21(19)30-5-2;/h14-15,17,20H,4-13,16H2,1-3H3,(H,25,26);1H. The topological polar surface area (TPSA) is 75.6 Å². The first-order valence-electron chi connectivity index (χ1n) is 12.0. The van der Waals surface area contributed by atoms with Gasteiger partial charge in [-0.2, -0.15) is 0 Å². The number of nitrogens with one attached hydrogen (secondary N) is 1. The Balaban J connectivity index is 0.00000306. The number of carbonyl (C=O) groups excluding carboxylic acids is 1. The Bertz CT molecular complexity index is 836. The lowest BCUT2D eigenvalue weighted by Gasteiger charge is -2.37. The second-order valence-electron chi connectivity index (χ2n) is 8.62. The maximum absolute atomic E-state index is 12.6. The predicted molar refractivity (Wildman–Crippen MR) is 139 cm³/mol. The molecule has 2 unspecified atom stereocenters. The Morgan fingerprint density at radius 2 is 1.97 bits per heavy atom. The van der Waals surface area contributed by atoms with E-state index < -0.39 is 0 Å². The van der Waals surface area contributed by atoms with Crippen LogP contribution < -0.4 is 14.8 Å². The van der Waals surface area contributed by atoms with Crippen molar-refractivity contribution in [3.8, 4) is 11.5 Å². The van der Waals surface area contributed by atoms with Crippen LogP contribution >= 0.6 is 24.0 Å². The summed E-state index contributed by atoms with van der Waals surface area (Å²) in [4.78, 5) is 21.7. The van der Waals surface area contributed by atoms with E-state index in [1.807, 2.05) is 11.8 Å². The number of benzene rings is 1. The molecular formula is C24H37IN4O4. The number of hydrogen-bond donors (Lipinski definition) is 1. The molecule has 1 N–H and O–H groups in total. The minimum atomic E-state index is -0.245. The van der Waals surface area contributed by atoms with Crippen LogP contribution in [0.2, 0.25) is 0 Å². The van der Waals surface area contributed by atoms with E-state index in [9.17, 15) is 4.79 Å². The number of rotatable bonds is 6. The third kappa shape index (κ3) is 6.23. The highest BCUT2D eigenvalue weighted by molar-refractivity contribution is 14.0. The Morgan fingerprint density at radius 3 is 2.64 bits per heavy atom. The summed E-state index contributed by atoms with van der Waals surface area (Å²) >= 11 is 0. The lowest BCUT2D eigenvalue weighted by molar-refractivity contribution is -0.142. The average molecular weight is 572 g/mol. The number of piperazine rings is 1. The summed E-state index contributed by atoms with van der Waals surface area (Å²) in [5.41, 5.74) is 2.23. The fourth-order valence-electron chi connectivity index (χ4n) is 4.60. The van der Waals surface area contributed by atoms with Crippen molar-refractivity contribution in [1.82, 2.24) is 15.1 Å². The van der Waals surface area contributed by atoms with Crippen LogP contribution in [-0.2, 0) is 22.5 Å². The summed E-state index contributed by atoms with van der Waals surface area (Å²) in [6.07, 6.45) is 2.68. The zero-order valence-electron chi connectivity index (χ0n) is 20.0. The number of hydrogen-bond acceptors (Lipinski definition) is 5. The first-order chi connectivity index (χ1) is 15.6. The normalized spacial score (nSPS) is 22.5. The van der Waals surface area contributed by atoms with Crippen LogP contribution in [0.25, 0.3) is 0 Å². The molecule has 1 aromatic carbocycles. The molecule has 9 heteroatoms. The molecule has 8 nitrogen and oxygen atoms in total. The summed E-state index contributed by atoms with van der Waals surface area (Å²) in [6, 6.07) is 4.19. The van der Waals surface area contributed by atoms with Gasteiger partial charge < -0.3 is 29.3 Å². The molecule has 1 amide bonds. The van der Waals surface area contributed by atoms with Crippen LogP contribution in [0.3, 0.4) is 0 Å². The second kappa shape index (κ2) is 12.1. The lowest BCUT2D eigenvalue weighted by atomic mass is 10.1. The summed E-state index contributed by atoms with van der Waals surface area (Å²) in [5.74, 6) is 2.83. The van der Waals surface area contributed by atoms with Crippen molar-refractivity contribution in [2.24, 2.45) is 4.99 Å².